The largest absolute Gasteiger partial charge is 0.457 e. The van der Waals surface area contributed by atoms with E-state index in [2.05, 4.69) is 16.0 Å². The summed E-state index contributed by atoms with van der Waals surface area (Å²) >= 11 is 1.08. The molecule has 2 saturated carbocycles. The van der Waals surface area contributed by atoms with Crippen molar-refractivity contribution in [1.29, 1.82) is 0 Å². The first-order valence-electron chi connectivity index (χ1n) is 17.0. The summed E-state index contributed by atoms with van der Waals surface area (Å²) in [5.74, 6) is -0.207. The van der Waals surface area contributed by atoms with Gasteiger partial charge in [-0.05, 0) is 36.7 Å². The van der Waals surface area contributed by atoms with Crippen LogP contribution in [0.25, 0.3) is 0 Å². The van der Waals surface area contributed by atoms with Crippen LogP contribution in [0.5, 0.6) is 0 Å². The van der Waals surface area contributed by atoms with Crippen molar-refractivity contribution >= 4 is 40.6 Å². The van der Waals surface area contributed by atoms with E-state index in [1.807, 2.05) is 30.3 Å². The number of esters is 1. The van der Waals surface area contributed by atoms with Crippen LogP contribution in [0.2, 0.25) is 0 Å². The fraction of sp³-hybridized carbons (Fsp3) is 0.686. The predicted molar refractivity (Wildman–Crippen MR) is 177 cm³/mol. The van der Waals surface area contributed by atoms with Crippen molar-refractivity contribution in [3.8, 4) is 0 Å². The smallest absolute Gasteiger partial charge is 0.325 e. The molecule has 1 aromatic rings. The summed E-state index contributed by atoms with van der Waals surface area (Å²) in [6.45, 7) is 1.27. The quantitative estimate of drug-likeness (QED) is 0.190. The van der Waals surface area contributed by atoms with Gasteiger partial charge in [-0.1, -0.05) is 106 Å². The lowest BCUT2D eigenvalue weighted by Gasteiger charge is -2.23. The second kappa shape index (κ2) is 21.0. The number of hydrogen-bond acceptors (Lipinski definition) is 7. The van der Waals surface area contributed by atoms with Crippen molar-refractivity contribution in [3.05, 3.63) is 35.9 Å². The maximum atomic E-state index is 13.0. The van der Waals surface area contributed by atoms with Gasteiger partial charge in [-0.25, -0.2) is 0 Å². The Bertz CT molecular complexity index is 1030. The van der Waals surface area contributed by atoms with Crippen LogP contribution in [0.3, 0.4) is 0 Å². The summed E-state index contributed by atoms with van der Waals surface area (Å²) in [5.41, 5.74) is 0.961. The molecule has 3 amide bonds. The van der Waals surface area contributed by atoms with Gasteiger partial charge in [0.2, 0.25) is 17.7 Å². The van der Waals surface area contributed by atoms with E-state index >= 15 is 0 Å². The Morgan fingerprint density at radius 2 is 1.31 bits per heavy atom. The number of thioether (sulfide) groups is 1. The van der Waals surface area contributed by atoms with Crippen LogP contribution in [0.1, 0.15) is 102 Å². The van der Waals surface area contributed by atoms with E-state index in [0.29, 0.717) is 36.9 Å². The molecule has 2 fully saturated rings. The molecule has 0 radical (unpaired) electrons. The summed E-state index contributed by atoms with van der Waals surface area (Å²) in [7, 11) is 0. The van der Waals surface area contributed by atoms with Crippen LogP contribution >= 0.6 is 11.8 Å². The van der Waals surface area contributed by atoms with Crippen molar-refractivity contribution in [3.63, 3.8) is 0 Å². The van der Waals surface area contributed by atoms with Gasteiger partial charge in [0, 0.05) is 25.5 Å². The highest BCUT2D eigenvalue weighted by molar-refractivity contribution is 8.13. The molecule has 0 bridgehead atoms. The molecule has 3 N–H and O–H groups in total. The van der Waals surface area contributed by atoms with Crippen molar-refractivity contribution in [2.75, 3.05) is 25.4 Å². The summed E-state index contributed by atoms with van der Waals surface area (Å²) in [4.78, 5) is 62.7. The number of rotatable bonds is 18. The third kappa shape index (κ3) is 15.8. The second-order valence-electron chi connectivity index (χ2n) is 12.7. The van der Waals surface area contributed by atoms with Crippen LogP contribution in [-0.2, 0) is 35.1 Å². The molecule has 0 saturated heterocycles. The highest BCUT2D eigenvalue weighted by Crippen LogP contribution is 2.28. The van der Waals surface area contributed by atoms with Crippen molar-refractivity contribution in [2.45, 2.75) is 109 Å². The molecule has 45 heavy (non-hydrogen) atoms. The predicted octanol–water partition coefficient (Wildman–Crippen LogP) is 5.11. The Balaban J connectivity index is 1.49. The van der Waals surface area contributed by atoms with Gasteiger partial charge in [0.15, 0.2) is 5.12 Å². The van der Waals surface area contributed by atoms with Crippen LogP contribution in [-0.4, -0.2) is 60.3 Å². The molecule has 1 atom stereocenters. The van der Waals surface area contributed by atoms with E-state index in [9.17, 15) is 24.0 Å². The van der Waals surface area contributed by atoms with E-state index in [0.717, 1.165) is 30.2 Å². The highest BCUT2D eigenvalue weighted by Gasteiger charge is 2.23. The van der Waals surface area contributed by atoms with Gasteiger partial charge < -0.3 is 20.7 Å². The molecule has 1 unspecified atom stereocenters. The lowest BCUT2D eigenvalue weighted by atomic mass is 9.86. The Hall–Kier alpha value is -2.88. The highest BCUT2D eigenvalue weighted by atomic mass is 32.2. The number of nitrogens with one attached hydrogen (secondary N) is 3. The molecule has 0 aromatic heterocycles. The maximum absolute atomic E-state index is 13.0. The SMILES string of the molecule is CC(=O)SCC(Cc1ccccc1)C(=O)NCC(=O)OC(CNC(=O)CCC1CCCCC1)CNC(=O)CCC1CCCCC1. The average Bonchev–Trinajstić information content (AvgIpc) is 3.06. The number of hydrogen-bond donors (Lipinski definition) is 3. The van der Waals surface area contributed by atoms with Gasteiger partial charge in [-0.3, -0.25) is 24.0 Å². The van der Waals surface area contributed by atoms with Gasteiger partial charge in [-0.2, -0.15) is 0 Å². The molecule has 3 rings (SSSR count). The van der Waals surface area contributed by atoms with E-state index in [-0.39, 0.29) is 42.5 Å². The number of benzene rings is 1. The minimum Gasteiger partial charge on any atom is -0.457 e. The summed E-state index contributed by atoms with van der Waals surface area (Å²) in [6.07, 6.45) is 14.4. The third-order valence-electron chi connectivity index (χ3n) is 8.95. The van der Waals surface area contributed by atoms with E-state index in [4.69, 9.17) is 4.74 Å². The van der Waals surface area contributed by atoms with Crippen LogP contribution in [0, 0.1) is 17.8 Å². The number of amides is 3. The minimum atomic E-state index is -0.764. The fourth-order valence-corrected chi connectivity index (χ4v) is 6.99. The second-order valence-corrected chi connectivity index (χ2v) is 13.9. The third-order valence-corrected chi connectivity index (χ3v) is 9.93. The Morgan fingerprint density at radius 1 is 0.778 bits per heavy atom. The van der Waals surface area contributed by atoms with E-state index in [1.54, 1.807) is 0 Å². The van der Waals surface area contributed by atoms with Crippen molar-refractivity contribution < 1.29 is 28.7 Å². The molecule has 0 heterocycles. The van der Waals surface area contributed by atoms with Crippen molar-refractivity contribution in [2.24, 2.45) is 17.8 Å². The Kier molecular flexibility index (Phi) is 17.1. The monoisotopic (exact) mass is 643 g/mol. The maximum Gasteiger partial charge on any atom is 0.325 e. The molecule has 10 heteroatoms. The van der Waals surface area contributed by atoms with Gasteiger partial charge in [-0.15, -0.1) is 0 Å². The van der Waals surface area contributed by atoms with Gasteiger partial charge >= 0.3 is 5.97 Å². The first-order chi connectivity index (χ1) is 21.8. The summed E-state index contributed by atoms with van der Waals surface area (Å²) in [6, 6.07) is 9.52. The van der Waals surface area contributed by atoms with Crippen LogP contribution < -0.4 is 16.0 Å². The number of carbonyl (C=O) groups excluding carboxylic acids is 5. The van der Waals surface area contributed by atoms with Crippen LogP contribution in [0.15, 0.2) is 30.3 Å². The molecule has 2 aliphatic carbocycles. The summed E-state index contributed by atoms with van der Waals surface area (Å²) < 4.78 is 5.64. The van der Waals surface area contributed by atoms with E-state index in [1.165, 1.54) is 71.1 Å². The first kappa shape index (κ1) is 36.6. The van der Waals surface area contributed by atoms with Crippen molar-refractivity contribution in [1.82, 2.24) is 16.0 Å². The fourth-order valence-electron chi connectivity index (χ4n) is 6.28. The molecule has 250 valence electrons. The zero-order valence-electron chi connectivity index (χ0n) is 27.0. The molecule has 2 aliphatic rings. The Morgan fingerprint density at radius 3 is 1.82 bits per heavy atom. The zero-order chi connectivity index (χ0) is 32.3. The van der Waals surface area contributed by atoms with Gasteiger partial charge in [0.05, 0.1) is 19.0 Å². The standard InChI is InChI=1S/C35H53N3O6S/c1-26(39)45-25-30(21-29-15-9-4-10-16-29)35(43)38-24-34(42)44-31(22-36-32(40)19-17-27-11-5-2-6-12-27)23-37-33(41)20-18-28-13-7-3-8-14-28/h4,9-10,15-16,27-28,30-31H,2-3,5-8,11-14,17-25H2,1H3,(H,36,40)(H,37,41)(H,38,43). The topological polar surface area (TPSA) is 131 Å². The lowest BCUT2D eigenvalue weighted by Crippen LogP contribution is -2.44. The minimum absolute atomic E-state index is 0.0790. The first-order valence-corrected chi connectivity index (χ1v) is 17.9. The number of ether oxygens (including phenoxy) is 1. The van der Waals surface area contributed by atoms with E-state index < -0.39 is 18.0 Å². The molecular formula is C35H53N3O6S. The number of carbonyl (C=O) groups is 5. The normalized spacial score (nSPS) is 16.5. The lowest BCUT2D eigenvalue weighted by molar-refractivity contribution is -0.149. The molecular weight excluding hydrogens is 590 g/mol. The summed E-state index contributed by atoms with van der Waals surface area (Å²) in [5, 5.41) is 8.35. The average molecular weight is 644 g/mol. The van der Waals surface area contributed by atoms with Crippen LogP contribution in [0.4, 0.5) is 0 Å². The molecule has 0 spiro atoms. The molecule has 0 aliphatic heterocycles. The van der Waals surface area contributed by atoms with Gasteiger partial charge in [0.25, 0.3) is 0 Å². The Labute approximate surface area is 273 Å². The van der Waals surface area contributed by atoms with Gasteiger partial charge in [0.1, 0.15) is 12.6 Å². The molecule has 1 aromatic carbocycles. The molecule has 9 nitrogen and oxygen atoms in total. The zero-order valence-corrected chi connectivity index (χ0v) is 27.8.